The van der Waals surface area contributed by atoms with E-state index in [1.165, 1.54) is 13.2 Å². The Labute approximate surface area is 144 Å². The SMILES string of the molecule is COc1ccc(NC(=O)/C=C/c2c(Cl)cccc2Cl)cc1OC. The third kappa shape index (κ3) is 4.41. The second kappa shape index (κ2) is 7.90. The van der Waals surface area contributed by atoms with Crippen LogP contribution in [0.3, 0.4) is 0 Å². The highest BCUT2D eigenvalue weighted by Gasteiger charge is 2.07. The van der Waals surface area contributed by atoms with Gasteiger partial charge in [0.25, 0.3) is 0 Å². The van der Waals surface area contributed by atoms with Crippen LogP contribution < -0.4 is 14.8 Å². The molecule has 0 saturated carbocycles. The fourth-order valence-electron chi connectivity index (χ4n) is 1.93. The van der Waals surface area contributed by atoms with Crippen molar-refractivity contribution >= 4 is 40.9 Å². The van der Waals surface area contributed by atoms with Crippen LogP contribution >= 0.6 is 23.2 Å². The van der Waals surface area contributed by atoms with Crippen LogP contribution in [0.1, 0.15) is 5.56 Å². The van der Waals surface area contributed by atoms with Crippen molar-refractivity contribution in [2.24, 2.45) is 0 Å². The Morgan fingerprint density at radius 3 is 2.30 bits per heavy atom. The Morgan fingerprint density at radius 2 is 1.70 bits per heavy atom. The molecule has 0 aliphatic carbocycles. The third-order valence-electron chi connectivity index (χ3n) is 3.05. The fraction of sp³-hybridized carbons (Fsp3) is 0.118. The van der Waals surface area contributed by atoms with Crippen LogP contribution in [0.25, 0.3) is 6.08 Å². The van der Waals surface area contributed by atoms with Crippen LogP contribution in [-0.4, -0.2) is 20.1 Å². The predicted molar refractivity (Wildman–Crippen MR) is 93.7 cm³/mol. The van der Waals surface area contributed by atoms with Gasteiger partial charge in [-0.05, 0) is 30.3 Å². The van der Waals surface area contributed by atoms with Crippen LogP contribution in [-0.2, 0) is 4.79 Å². The molecule has 1 N–H and O–H groups in total. The number of nitrogens with one attached hydrogen (secondary N) is 1. The summed E-state index contributed by atoms with van der Waals surface area (Å²) in [4.78, 5) is 12.0. The number of carbonyl (C=O) groups excluding carboxylic acids is 1. The Hall–Kier alpha value is -2.17. The first-order valence-corrected chi connectivity index (χ1v) is 7.46. The number of amides is 1. The number of carbonyl (C=O) groups is 1. The zero-order chi connectivity index (χ0) is 16.8. The molecule has 4 nitrogen and oxygen atoms in total. The molecular formula is C17H15Cl2NO3. The third-order valence-corrected chi connectivity index (χ3v) is 3.71. The van der Waals surface area contributed by atoms with Crippen molar-refractivity contribution in [3.05, 3.63) is 58.1 Å². The number of methoxy groups -OCH3 is 2. The van der Waals surface area contributed by atoms with Gasteiger partial charge in [-0.25, -0.2) is 0 Å². The number of rotatable bonds is 5. The van der Waals surface area contributed by atoms with E-state index in [4.69, 9.17) is 32.7 Å². The second-order valence-electron chi connectivity index (χ2n) is 4.53. The highest BCUT2D eigenvalue weighted by Crippen LogP contribution is 2.30. The van der Waals surface area contributed by atoms with Gasteiger partial charge in [-0.3, -0.25) is 4.79 Å². The zero-order valence-corrected chi connectivity index (χ0v) is 14.1. The summed E-state index contributed by atoms with van der Waals surface area (Å²) < 4.78 is 10.3. The molecule has 0 aromatic heterocycles. The molecule has 1 amide bonds. The summed E-state index contributed by atoms with van der Waals surface area (Å²) >= 11 is 12.1. The Morgan fingerprint density at radius 1 is 1.04 bits per heavy atom. The molecule has 0 radical (unpaired) electrons. The molecular weight excluding hydrogens is 337 g/mol. The standard InChI is InChI=1S/C17H15Cl2NO3/c1-22-15-8-6-11(10-16(15)23-2)20-17(21)9-7-12-13(18)4-3-5-14(12)19/h3-10H,1-2H3,(H,20,21)/b9-7+. The van der Waals surface area contributed by atoms with Gasteiger partial charge in [-0.15, -0.1) is 0 Å². The topological polar surface area (TPSA) is 47.6 Å². The van der Waals surface area contributed by atoms with Gasteiger partial charge in [0.15, 0.2) is 11.5 Å². The maximum absolute atomic E-state index is 12.0. The number of ether oxygens (including phenoxy) is 2. The van der Waals surface area contributed by atoms with Crippen molar-refractivity contribution in [2.75, 3.05) is 19.5 Å². The molecule has 0 unspecified atom stereocenters. The highest BCUT2D eigenvalue weighted by molar-refractivity contribution is 6.37. The number of anilines is 1. The van der Waals surface area contributed by atoms with Crippen LogP contribution in [0.5, 0.6) is 11.5 Å². The molecule has 2 aromatic carbocycles. The molecule has 120 valence electrons. The first-order valence-electron chi connectivity index (χ1n) is 6.70. The van der Waals surface area contributed by atoms with Gasteiger partial charge >= 0.3 is 0 Å². The van der Waals surface area contributed by atoms with E-state index in [0.717, 1.165) is 0 Å². The largest absolute Gasteiger partial charge is 0.493 e. The number of hydrogen-bond acceptors (Lipinski definition) is 3. The number of halogens is 2. The first-order chi connectivity index (χ1) is 11.0. The van der Waals surface area contributed by atoms with Gasteiger partial charge in [-0.1, -0.05) is 29.3 Å². The lowest BCUT2D eigenvalue weighted by atomic mass is 10.2. The maximum atomic E-state index is 12.0. The Balaban J connectivity index is 2.12. The molecule has 6 heteroatoms. The van der Waals surface area contributed by atoms with E-state index in [-0.39, 0.29) is 5.91 Å². The molecule has 0 aliphatic rings. The fourth-order valence-corrected chi connectivity index (χ4v) is 2.45. The molecule has 0 atom stereocenters. The molecule has 2 rings (SSSR count). The van der Waals surface area contributed by atoms with Gasteiger partial charge in [0, 0.05) is 33.4 Å². The average molecular weight is 352 g/mol. The summed E-state index contributed by atoms with van der Waals surface area (Å²) in [6.07, 6.45) is 2.94. The molecule has 23 heavy (non-hydrogen) atoms. The van der Waals surface area contributed by atoms with Crippen LogP contribution in [0.15, 0.2) is 42.5 Å². The molecule has 2 aromatic rings. The summed E-state index contributed by atoms with van der Waals surface area (Å²) in [5.74, 6) is 0.806. The molecule has 0 heterocycles. The maximum Gasteiger partial charge on any atom is 0.248 e. The number of benzene rings is 2. The molecule has 0 saturated heterocycles. The summed E-state index contributed by atoms with van der Waals surface area (Å²) in [6.45, 7) is 0. The summed E-state index contributed by atoms with van der Waals surface area (Å²) in [5, 5.41) is 3.69. The van der Waals surface area contributed by atoms with E-state index >= 15 is 0 Å². The van der Waals surface area contributed by atoms with Crippen molar-refractivity contribution in [3.8, 4) is 11.5 Å². The quantitative estimate of drug-likeness (QED) is 0.796. The second-order valence-corrected chi connectivity index (χ2v) is 5.34. The normalized spacial score (nSPS) is 10.6. The lowest BCUT2D eigenvalue weighted by Crippen LogP contribution is -2.08. The smallest absolute Gasteiger partial charge is 0.248 e. The van der Waals surface area contributed by atoms with E-state index < -0.39 is 0 Å². The molecule has 0 aliphatic heterocycles. The minimum Gasteiger partial charge on any atom is -0.493 e. The van der Waals surface area contributed by atoms with E-state index in [2.05, 4.69) is 5.32 Å². The monoisotopic (exact) mass is 351 g/mol. The van der Waals surface area contributed by atoms with Gasteiger partial charge in [0.05, 0.1) is 14.2 Å². The summed E-state index contributed by atoms with van der Waals surface area (Å²) in [7, 11) is 3.08. The van der Waals surface area contributed by atoms with Gasteiger partial charge in [0.2, 0.25) is 5.91 Å². The first kappa shape index (κ1) is 17.2. The zero-order valence-electron chi connectivity index (χ0n) is 12.6. The molecule has 0 bridgehead atoms. The van der Waals surface area contributed by atoms with Gasteiger partial charge in [0.1, 0.15) is 0 Å². The summed E-state index contributed by atoms with van der Waals surface area (Å²) in [5.41, 5.74) is 1.18. The van der Waals surface area contributed by atoms with Crippen molar-refractivity contribution < 1.29 is 14.3 Å². The van der Waals surface area contributed by atoms with Crippen molar-refractivity contribution in [1.82, 2.24) is 0 Å². The van der Waals surface area contributed by atoms with Crippen molar-refractivity contribution in [3.63, 3.8) is 0 Å². The van der Waals surface area contributed by atoms with E-state index in [0.29, 0.717) is 32.8 Å². The van der Waals surface area contributed by atoms with E-state index in [9.17, 15) is 4.79 Å². The minimum absolute atomic E-state index is 0.312. The number of hydrogen-bond donors (Lipinski definition) is 1. The van der Waals surface area contributed by atoms with Gasteiger partial charge < -0.3 is 14.8 Å². The van der Waals surface area contributed by atoms with E-state index in [1.807, 2.05) is 0 Å². The van der Waals surface area contributed by atoms with Crippen molar-refractivity contribution in [2.45, 2.75) is 0 Å². The average Bonchev–Trinajstić information content (AvgIpc) is 2.54. The highest BCUT2D eigenvalue weighted by atomic mass is 35.5. The van der Waals surface area contributed by atoms with Gasteiger partial charge in [-0.2, -0.15) is 0 Å². The minimum atomic E-state index is -0.312. The summed E-state index contributed by atoms with van der Waals surface area (Å²) in [6, 6.07) is 10.3. The molecule has 0 spiro atoms. The predicted octanol–water partition coefficient (Wildman–Crippen LogP) is 4.66. The van der Waals surface area contributed by atoms with E-state index in [1.54, 1.807) is 49.6 Å². The lowest BCUT2D eigenvalue weighted by Gasteiger charge is -2.09. The Bertz CT molecular complexity index is 724. The van der Waals surface area contributed by atoms with Crippen LogP contribution in [0.4, 0.5) is 5.69 Å². The van der Waals surface area contributed by atoms with Crippen LogP contribution in [0.2, 0.25) is 10.0 Å². The lowest BCUT2D eigenvalue weighted by molar-refractivity contribution is -0.111. The Kier molecular flexibility index (Phi) is 5.90. The molecule has 0 fully saturated rings. The van der Waals surface area contributed by atoms with Crippen molar-refractivity contribution in [1.29, 1.82) is 0 Å². The van der Waals surface area contributed by atoms with Crippen LogP contribution in [0, 0.1) is 0 Å².